The fourth-order valence-electron chi connectivity index (χ4n) is 1.72. The second kappa shape index (κ2) is 3.09. The molecule has 2 aliphatic heterocycles. The quantitative estimate of drug-likeness (QED) is 0.608. The van der Waals surface area contributed by atoms with Gasteiger partial charge < -0.3 is 14.8 Å². The Labute approximate surface area is 67.1 Å². The first kappa shape index (κ1) is 7.53. The molecular formula is C8H15NO2. The van der Waals surface area contributed by atoms with Crippen molar-refractivity contribution in [2.24, 2.45) is 5.92 Å². The van der Waals surface area contributed by atoms with Gasteiger partial charge in [0.15, 0.2) is 12.6 Å². The van der Waals surface area contributed by atoms with E-state index in [1.807, 2.05) is 6.92 Å². The zero-order valence-corrected chi connectivity index (χ0v) is 6.88. The molecule has 0 aliphatic carbocycles. The Morgan fingerprint density at radius 1 is 1.36 bits per heavy atom. The minimum atomic E-state index is 0.0296. The number of hydrogen-bond donors (Lipinski definition) is 1. The summed E-state index contributed by atoms with van der Waals surface area (Å²) in [4.78, 5) is 0. The lowest BCUT2D eigenvalue weighted by molar-refractivity contribution is -0.392. The molecule has 2 saturated heterocycles. The first-order chi connectivity index (χ1) is 5.36. The summed E-state index contributed by atoms with van der Waals surface area (Å²) < 4.78 is 10.8. The van der Waals surface area contributed by atoms with Crippen LogP contribution < -0.4 is 5.32 Å². The molecule has 2 rings (SSSR count). The molecule has 11 heavy (non-hydrogen) atoms. The van der Waals surface area contributed by atoms with Crippen LogP contribution in [0.15, 0.2) is 0 Å². The summed E-state index contributed by atoms with van der Waals surface area (Å²) in [6, 6.07) is 0. The van der Waals surface area contributed by atoms with Crippen LogP contribution in [0.25, 0.3) is 0 Å². The number of rotatable bonds is 1. The number of piperidine rings is 1. The maximum absolute atomic E-state index is 5.42. The lowest BCUT2D eigenvalue weighted by Crippen LogP contribution is -2.48. The SMILES string of the molecule is CC1OC([C@@H]2CCCNC2)O1. The van der Waals surface area contributed by atoms with E-state index in [4.69, 9.17) is 9.47 Å². The van der Waals surface area contributed by atoms with Crippen molar-refractivity contribution in [3.63, 3.8) is 0 Å². The van der Waals surface area contributed by atoms with Crippen LogP contribution in [0.5, 0.6) is 0 Å². The van der Waals surface area contributed by atoms with E-state index in [9.17, 15) is 0 Å². The van der Waals surface area contributed by atoms with Gasteiger partial charge in [0.05, 0.1) is 0 Å². The highest BCUT2D eigenvalue weighted by molar-refractivity contribution is 4.74. The predicted octanol–water partition coefficient (Wildman–Crippen LogP) is 0.705. The molecule has 2 aliphatic rings. The molecule has 0 amide bonds. The van der Waals surface area contributed by atoms with E-state index in [0.29, 0.717) is 5.92 Å². The normalized spacial score (nSPS) is 45.0. The first-order valence-electron chi connectivity index (χ1n) is 4.38. The molecule has 1 N–H and O–H groups in total. The summed E-state index contributed by atoms with van der Waals surface area (Å²) in [5.41, 5.74) is 0. The minimum Gasteiger partial charge on any atom is -0.324 e. The van der Waals surface area contributed by atoms with E-state index >= 15 is 0 Å². The molecule has 0 aromatic heterocycles. The van der Waals surface area contributed by atoms with Gasteiger partial charge in [0, 0.05) is 12.5 Å². The van der Waals surface area contributed by atoms with Crippen molar-refractivity contribution in [3.8, 4) is 0 Å². The van der Waals surface area contributed by atoms with Crippen LogP contribution in [-0.2, 0) is 9.47 Å². The van der Waals surface area contributed by atoms with Crippen molar-refractivity contribution >= 4 is 0 Å². The highest BCUT2D eigenvalue weighted by atomic mass is 16.9. The van der Waals surface area contributed by atoms with Gasteiger partial charge in [-0.05, 0) is 26.3 Å². The lowest BCUT2D eigenvalue weighted by atomic mass is 9.98. The fraction of sp³-hybridized carbons (Fsp3) is 1.00. The number of nitrogens with one attached hydrogen (secondary N) is 1. The van der Waals surface area contributed by atoms with Crippen molar-refractivity contribution in [3.05, 3.63) is 0 Å². The molecule has 0 radical (unpaired) electrons. The average Bonchev–Trinajstić information content (AvgIpc) is 2.01. The third-order valence-electron chi connectivity index (χ3n) is 2.37. The van der Waals surface area contributed by atoms with Crippen LogP contribution in [0.3, 0.4) is 0 Å². The van der Waals surface area contributed by atoms with Gasteiger partial charge in [-0.25, -0.2) is 0 Å². The van der Waals surface area contributed by atoms with Crippen LogP contribution in [0.1, 0.15) is 19.8 Å². The molecule has 0 aromatic rings. The Hall–Kier alpha value is -0.120. The zero-order chi connectivity index (χ0) is 7.68. The number of ether oxygens (including phenoxy) is 2. The van der Waals surface area contributed by atoms with Crippen LogP contribution in [0.2, 0.25) is 0 Å². The molecule has 0 unspecified atom stereocenters. The molecule has 2 fully saturated rings. The van der Waals surface area contributed by atoms with Crippen LogP contribution in [0, 0.1) is 5.92 Å². The molecule has 2 heterocycles. The van der Waals surface area contributed by atoms with Crippen LogP contribution >= 0.6 is 0 Å². The van der Waals surface area contributed by atoms with E-state index in [-0.39, 0.29) is 12.6 Å². The van der Waals surface area contributed by atoms with E-state index in [2.05, 4.69) is 5.32 Å². The maximum atomic E-state index is 5.42. The van der Waals surface area contributed by atoms with Gasteiger partial charge in [-0.2, -0.15) is 0 Å². The Bertz CT molecular complexity index is 128. The molecular weight excluding hydrogens is 142 g/mol. The van der Waals surface area contributed by atoms with Crippen molar-refractivity contribution in [1.82, 2.24) is 5.32 Å². The van der Waals surface area contributed by atoms with Gasteiger partial charge in [-0.15, -0.1) is 0 Å². The van der Waals surface area contributed by atoms with Crippen LogP contribution in [0.4, 0.5) is 0 Å². The van der Waals surface area contributed by atoms with Crippen molar-refractivity contribution in [2.45, 2.75) is 32.3 Å². The largest absolute Gasteiger partial charge is 0.324 e. The third-order valence-corrected chi connectivity index (χ3v) is 2.37. The summed E-state index contributed by atoms with van der Waals surface area (Å²) in [5, 5.41) is 3.34. The molecule has 3 nitrogen and oxygen atoms in total. The molecule has 0 spiro atoms. The van der Waals surface area contributed by atoms with Gasteiger partial charge in [0.25, 0.3) is 0 Å². The molecule has 0 bridgehead atoms. The Kier molecular flexibility index (Phi) is 2.11. The summed E-state index contributed by atoms with van der Waals surface area (Å²) in [6.07, 6.45) is 2.60. The molecule has 1 atom stereocenters. The predicted molar refractivity (Wildman–Crippen MR) is 41.0 cm³/mol. The summed E-state index contributed by atoms with van der Waals surface area (Å²) >= 11 is 0. The third kappa shape index (κ3) is 1.55. The molecule has 64 valence electrons. The second-order valence-electron chi connectivity index (χ2n) is 3.31. The van der Waals surface area contributed by atoms with Crippen LogP contribution in [-0.4, -0.2) is 25.7 Å². The number of hydrogen-bond acceptors (Lipinski definition) is 3. The van der Waals surface area contributed by atoms with E-state index < -0.39 is 0 Å². The Balaban J connectivity index is 1.76. The average molecular weight is 157 g/mol. The van der Waals surface area contributed by atoms with Gasteiger partial charge in [0.1, 0.15) is 0 Å². The first-order valence-corrected chi connectivity index (χ1v) is 4.38. The highest BCUT2D eigenvalue weighted by Gasteiger charge is 2.34. The fourth-order valence-corrected chi connectivity index (χ4v) is 1.72. The smallest absolute Gasteiger partial charge is 0.167 e. The summed E-state index contributed by atoms with van der Waals surface area (Å²) in [7, 11) is 0. The zero-order valence-electron chi connectivity index (χ0n) is 6.88. The summed E-state index contributed by atoms with van der Waals surface area (Å²) in [6.45, 7) is 4.14. The molecule has 0 aromatic carbocycles. The monoisotopic (exact) mass is 157 g/mol. The van der Waals surface area contributed by atoms with Gasteiger partial charge >= 0.3 is 0 Å². The standard InChI is InChI=1S/C8H15NO2/c1-6-10-8(11-6)7-3-2-4-9-5-7/h6-9H,2-5H2,1H3/t6?,7-,8?/m1/s1. The van der Waals surface area contributed by atoms with Crippen molar-refractivity contribution < 1.29 is 9.47 Å². The van der Waals surface area contributed by atoms with E-state index in [1.165, 1.54) is 12.8 Å². The lowest BCUT2D eigenvalue weighted by Gasteiger charge is -2.40. The van der Waals surface area contributed by atoms with Crippen molar-refractivity contribution in [1.29, 1.82) is 0 Å². The summed E-state index contributed by atoms with van der Waals surface area (Å²) in [5.74, 6) is 0.583. The van der Waals surface area contributed by atoms with E-state index in [0.717, 1.165) is 13.1 Å². The van der Waals surface area contributed by atoms with Gasteiger partial charge in [0.2, 0.25) is 0 Å². The second-order valence-corrected chi connectivity index (χ2v) is 3.31. The topological polar surface area (TPSA) is 30.5 Å². The van der Waals surface area contributed by atoms with E-state index in [1.54, 1.807) is 0 Å². The van der Waals surface area contributed by atoms with Gasteiger partial charge in [-0.3, -0.25) is 0 Å². The maximum Gasteiger partial charge on any atom is 0.167 e. The van der Waals surface area contributed by atoms with Gasteiger partial charge in [-0.1, -0.05) is 0 Å². The Morgan fingerprint density at radius 3 is 2.73 bits per heavy atom. The minimum absolute atomic E-state index is 0.0296. The van der Waals surface area contributed by atoms with Crippen molar-refractivity contribution in [2.75, 3.05) is 13.1 Å². The highest BCUT2D eigenvalue weighted by Crippen LogP contribution is 2.27. The molecule has 3 heteroatoms. The Morgan fingerprint density at radius 2 is 2.18 bits per heavy atom. The molecule has 0 saturated carbocycles.